The maximum absolute atomic E-state index is 2.48. The molecular weight excluding hydrogens is 427 g/mol. The molecule has 124 valence electrons. The van der Waals surface area contributed by atoms with Crippen LogP contribution in [-0.2, 0) is 5.41 Å². The van der Waals surface area contributed by atoms with Crippen LogP contribution in [0, 0.1) is 3.57 Å². The van der Waals surface area contributed by atoms with Crippen molar-refractivity contribution in [1.29, 1.82) is 0 Å². The highest BCUT2D eigenvalue weighted by Crippen LogP contribution is 2.56. The first-order chi connectivity index (χ1) is 12.8. The van der Waals surface area contributed by atoms with Crippen LogP contribution < -0.4 is 0 Å². The lowest BCUT2D eigenvalue weighted by molar-refractivity contribution is 0.768. The number of rotatable bonds is 2. The Morgan fingerprint density at radius 1 is 0.500 bits per heavy atom. The molecule has 0 atom stereocenters. The molecule has 5 rings (SSSR count). The van der Waals surface area contributed by atoms with Crippen LogP contribution >= 0.6 is 22.6 Å². The molecule has 0 aliphatic heterocycles. The highest BCUT2D eigenvalue weighted by molar-refractivity contribution is 14.1. The lowest BCUT2D eigenvalue weighted by Gasteiger charge is -2.33. The van der Waals surface area contributed by atoms with Gasteiger partial charge in [-0.3, -0.25) is 0 Å². The van der Waals surface area contributed by atoms with Gasteiger partial charge in [0.15, 0.2) is 0 Å². The summed E-state index contributed by atoms with van der Waals surface area (Å²) in [5.74, 6) is 0. The quantitative estimate of drug-likeness (QED) is 0.267. The maximum atomic E-state index is 2.48. The molecule has 1 heteroatoms. The minimum absolute atomic E-state index is 0.268. The van der Waals surface area contributed by atoms with Gasteiger partial charge < -0.3 is 0 Å². The van der Waals surface area contributed by atoms with Crippen molar-refractivity contribution in [2.24, 2.45) is 0 Å². The fraction of sp³-hybridized carbons (Fsp3) is 0.0400. The molecule has 0 nitrogen and oxygen atoms in total. The molecule has 26 heavy (non-hydrogen) atoms. The van der Waals surface area contributed by atoms with E-state index < -0.39 is 0 Å². The van der Waals surface area contributed by atoms with Gasteiger partial charge in [-0.25, -0.2) is 0 Å². The van der Waals surface area contributed by atoms with E-state index in [0.717, 1.165) is 0 Å². The van der Waals surface area contributed by atoms with Crippen LogP contribution in [0.3, 0.4) is 0 Å². The Kier molecular flexibility index (Phi) is 3.71. The maximum Gasteiger partial charge on any atom is 0.0713 e. The van der Waals surface area contributed by atoms with Gasteiger partial charge in [-0.1, -0.05) is 97.1 Å². The molecule has 4 aromatic rings. The number of hydrogen-bond acceptors (Lipinski definition) is 0. The molecule has 0 radical (unpaired) electrons. The Morgan fingerprint density at radius 2 is 1.04 bits per heavy atom. The Hall–Kier alpha value is -2.39. The summed E-state index contributed by atoms with van der Waals surface area (Å²) in [6, 6.07) is 37.4. The topological polar surface area (TPSA) is 0 Å². The predicted octanol–water partition coefficient (Wildman–Crippen LogP) is 6.65. The first kappa shape index (κ1) is 15.8. The van der Waals surface area contributed by atoms with Crippen molar-refractivity contribution in [3.63, 3.8) is 0 Å². The Bertz CT molecular complexity index is 1040. The molecule has 0 heterocycles. The highest BCUT2D eigenvalue weighted by atomic mass is 127. The molecule has 1 aliphatic rings. The minimum Gasteiger partial charge on any atom is -0.0622 e. The van der Waals surface area contributed by atoms with E-state index in [1.807, 2.05) is 0 Å². The lowest BCUT2D eigenvalue weighted by Crippen LogP contribution is -2.28. The van der Waals surface area contributed by atoms with Crippen LogP contribution in [0.4, 0.5) is 0 Å². The van der Waals surface area contributed by atoms with E-state index >= 15 is 0 Å². The van der Waals surface area contributed by atoms with E-state index in [1.54, 1.807) is 0 Å². The second-order valence-corrected chi connectivity index (χ2v) is 7.85. The first-order valence-corrected chi connectivity index (χ1v) is 9.91. The second-order valence-electron chi connectivity index (χ2n) is 6.69. The third-order valence-electron chi connectivity index (χ3n) is 5.43. The summed E-state index contributed by atoms with van der Waals surface area (Å²) >= 11 is 2.48. The summed E-state index contributed by atoms with van der Waals surface area (Å²) in [7, 11) is 0. The van der Waals surface area contributed by atoms with Gasteiger partial charge >= 0.3 is 0 Å². The lowest BCUT2D eigenvalue weighted by atomic mass is 9.68. The van der Waals surface area contributed by atoms with E-state index in [-0.39, 0.29) is 5.41 Å². The van der Waals surface area contributed by atoms with Gasteiger partial charge in [0.05, 0.1) is 5.41 Å². The standard InChI is InChI=1S/C25H17I/c26-23-17-9-16-22-24(23)20-14-7-8-15-21(20)25(22,18-10-3-1-4-11-18)19-12-5-2-6-13-19/h1-17H. The van der Waals surface area contributed by atoms with Crippen molar-refractivity contribution in [1.82, 2.24) is 0 Å². The monoisotopic (exact) mass is 444 g/mol. The summed E-state index contributed by atoms with van der Waals surface area (Å²) in [5.41, 5.74) is 7.84. The fourth-order valence-electron chi connectivity index (χ4n) is 4.45. The van der Waals surface area contributed by atoms with Gasteiger partial charge in [0, 0.05) is 9.13 Å². The zero-order valence-electron chi connectivity index (χ0n) is 14.2. The molecule has 0 saturated heterocycles. The van der Waals surface area contributed by atoms with Crippen molar-refractivity contribution >= 4 is 22.6 Å². The SMILES string of the molecule is Ic1cccc2c1-c1ccccc1C2(c1ccccc1)c1ccccc1. The smallest absolute Gasteiger partial charge is 0.0622 e. The molecule has 4 aromatic carbocycles. The summed E-state index contributed by atoms with van der Waals surface area (Å²) in [6.45, 7) is 0. The number of hydrogen-bond donors (Lipinski definition) is 0. The predicted molar refractivity (Wildman–Crippen MR) is 116 cm³/mol. The molecule has 0 unspecified atom stereocenters. The van der Waals surface area contributed by atoms with Crippen molar-refractivity contribution < 1.29 is 0 Å². The van der Waals surface area contributed by atoms with E-state index in [1.165, 1.54) is 37.0 Å². The van der Waals surface area contributed by atoms with E-state index in [9.17, 15) is 0 Å². The van der Waals surface area contributed by atoms with E-state index in [2.05, 4.69) is 126 Å². The van der Waals surface area contributed by atoms with Gasteiger partial charge in [-0.15, -0.1) is 0 Å². The number of fused-ring (bicyclic) bond motifs is 3. The molecule has 0 fully saturated rings. The van der Waals surface area contributed by atoms with Crippen molar-refractivity contribution in [2.75, 3.05) is 0 Å². The summed E-state index contributed by atoms with van der Waals surface area (Å²) in [5, 5.41) is 0. The average molecular weight is 444 g/mol. The Balaban J connectivity index is 2.00. The van der Waals surface area contributed by atoms with Crippen molar-refractivity contribution in [3.8, 4) is 11.1 Å². The molecule has 1 aliphatic carbocycles. The second kappa shape index (κ2) is 6.10. The van der Waals surface area contributed by atoms with Crippen LogP contribution in [0.1, 0.15) is 22.3 Å². The minimum atomic E-state index is -0.268. The first-order valence-electron chi connectivity index (χ1n) is 8.83. The third-order valence-corrected chi connectivity index (χ3v) is 6.33. The van der Waals surface area contributed by atoms with Crippen LogP contribution in [-0.4, -0.2) is 0 Å². The van der Waals surface area contributed by atoms with Crippen molar-refractivity contribution in [3.05, 3.63) is 129 Å². The van der Waals surface area contributed by atoms with Gasteiger partial charge in [0.2, 0.25) is 0 Å². The highest BCUT2D eigenvalue weighted by Gasteiger charge is 2.46. The normalized spacial score (nSPS) is 13.9. The van der Waals surface area contributed by atoms with Crippen molar-refractivity contribution in [2.45, 2.75) is 5.41 Å². The average Bonchev–Trinajstić information content (AvgIpc) is 3.02. The third kappa shape index (κ3) is 2.07. The zero-order valence-corrected chi connectivity index (χ0v) is 16.4. The summed E-state index contributed by atoms with van der Waals surface area (Å²) < 4.78 is 1.31. The zero-order chi connectivity index (χ0) is 17.6. The molecule has 0 N–H and O–H groups in total. The largest absolute Gasteiger partial charge is 0.0713 e. The Morgan fingerprint density at radius 3 is 1.69 bits per heavy atom. The molecular formula is C25H17I. The fourth-order valence-corrected chi connectivity index (χ4v) is 5.24. The van der Waals surface area contributed by atoms with Gasteiger partial charge in [0.25, 0.3) is 0 Å². The van der Waals surface area contributed by atoms with Crippen LogP contribution in [0.25, 0.3) is 11.1 Å². The molecule has 0 spiro atoms. The molecule has 0 aromatic heterocycles. The summed E-state index contributed by atoms with van der Waals surface area (Å²) in [4.78, 5) is 0. The van der Waals surface area contributed by atoms with Gasteiger partial charge in [0.1, 0.15) is 0 Å². The molecule has 0 saturated carbocycles. The molecule has 0 amide bonds. The van der Waals surface area contributed by atoms with Crippen LogP contribution in [0.15, 0.2) is 103 Å². The summed E-state index contributed by atoms with van der Waals surface area (Å²) in [6.07, 6.45) is 0. The van der Waals surface area contributed by atoms with E-state index in [4.69, 9.17) is 0 Å². The molecule has 0 bridgehead atoms. The van der Waals surface area contributed by atoms with E-state index in [0.29, 0.717) is 0 Å². The van der Waals surface area contributed by atoms with Crippen LogP contribution in [0.5, 0.6) is 0 Å². The van der Waals surface area contributed by atoms with Gasteiger partial charge in [-0.2, -0.15) is 0 Å². The number of halogens is 1. The van der Waals surface area contributed by atoms with Crippen LogP contribution in [0.2, 0.25) is 0 Å². The number of benzene rings is 4. The van der Waals surface area contributed by atoms with Gasteiger partial charge in [-0.05, 0) is 56.5 Å². The Labute approximate surface area is 167 Å².